The summed E-state index contributed by atoms with van der Waals surface area (Å²) in [6.45, 7) is 5.88. The molecule has 5 heterocycles. The van der Waals surface area contributed by atoms with Gasteiger partial charge in [0.25, 0.3) is 11.8 Å². The predicted molar refractivity (Wildman–Crippen MR) is 177 cm³/mol. The van der Waals surface area contributed by atoms with Gasteiger partial charge in [0.2, 0.25) is 5.43 Å². The number of β-lactam (4-membered cyclic amide) rings is 1. The number of fused-ring (bicyclic) bond motifs is 2. The minimum Gasteiger partial charge on any atom is -0.477 e. The number of carboxylic acids is 2. The van der Waals surface area contributed by atoms with Crippen LogP contribution < -0.4 is 21.4 Å². The van der Waals surface area contributed by atoms with Gasteiger partial charge in [0.1, 0.15) is 23.1 Å². The van der Waals surface area contributed by atoms with Crippen molar-refractivity contribution in [2.45, 2.75) is 37.2 Å². The highest BCUT2D eigenvalue weighted by Crippen LogP contribution is 2.39. The number of nitrogens with zero attached hydrogens (tertiary/aromatic N) is 5. The van der Waals surface area contributed by atoms with Crippen molar-refractivity contribution < 1.29 is 33.8 Å². The number of nitrogen functional groups attached to an aromatic ring is 1. The summed E-state index contributed by atoms with van der Waals surface area (Å²) in [5.74, 6) is -4.78. The van der Waals surface area contributed by atoms with Crippen molar-refractivity contribution in [2.24, 2.45) is 0 Å². The fourth-order valence-electron chi connectivity index (χ4n) is 6.89. The maximum absolute atomic E-state index is 15.4. The average molecular weight is 676 g/mol. The Bertz CT molecular complexity index is 2020. The molecule has 4 aliphatic rings. The van der Waals surface area contributed by atoms with Gasteiger partial charge < -0.3 is 35.6 Å². The summed E-state index contributed by atoms with van der Waals surface area (Å²) in [5.41, 5.74) is 6.24. The molecule has 0 unspecified atom stereocenters. The van der Waals surface area contributed by atoms with Crippen LogP contribution in [0.2, 0.25) is 6.32 Å². The predicted octanol–water partition coefficient (Wildman–Crippen LogP) is 0.908. The molecule has 2 atom stereocenters. The molecule has 0 radical (unpaired) electrons. The zero-order valence-corrected chi connectivity index (χ0v) is 26.5. The van der Waals surface area contributed by atoms with E-state index < -0.39 is 47.0 Å². The monoisotopic (exact) mass is 675 g/mol. The summed E-state index contributed by atoms with van der Waals surface area (Å²) in [6, 6.07) is 1.91. The van der Waals surface area contributed by atoms with Gasteiger partial charge in [0.05, 0.1) is 22.5 Å². The Morgan fingerprint density at radius 3 is 2.48 bits per heavy atom. The Morgan fingerprint density at radius 1 is 1.12 bits per heavy atom. The number of amides is 2. The molecule has 1 saturated carbocycles. The summed E-state index contributed by atoms with van der Waals surface area (Å²) >= 11 is 1.16. The highest BCUT2D eigenvalue weighted by molar-refractivity contribution is 7.13. The number of rotatable bonds is 9. The van der Waals surface area contributed by atoms with Crippen molar-refractivity contribution in [3.63, 3.8) is 0 Å². The third kappa shape index (κ3) is 5.41. The van der Waals surface area contributed by atoms with E-state index in [1.54, 1.807) is 16.0 Å². The molecule has 0 bridgehead atoms. The van der Waals surface area contributed by atoms with Gasteiger partial charge in [-0.15, -0.1) is 11.3 Å². The van der Waals surface area contributed by atoms with E-state index in [1.807, 2.05) is 4.90 Å². The number of nitrogens with one attached hydrogen (secondary N) is 1. The molecule has 248 valence electrons. The van der Waals surface area contributed by atoms with E-state index in [0.717, 1.165) is 30.2 Å². The van der Waals surface area contributed by atoms with Crippen molar-refractivity contribution in [3.8, 4) is 0 Å². The number of nitrogens with two attached hydrogens (primary N) is 1. The van der Waals surface area contributed by atoms with Gasteiger partial charge in [-0.2, -0.15) is 0 Å². The summed E-state index contributed by atoms with van der Waals surface area (Å²) in [5, 5.41) is 24.2. The highest BCUT2D eigenvalue weighted by Gasteiger charge is 2.53. The zero-order valence-electron chi connectivity index (χ0n) is 25.6. The van der Waals surface area contributed by atoms with Gasteiger partial charge in [-0.1, -0.05) is 12.9 Å². The molecular weight excluding hydrogens is 644 g/mol. The van der Waals surface area contributed by atoms with Crippen LogP contribution in [0.3, 0.4) is 0 Å². The summed E-state index contributed by atoms with van der Waals surface area (Å²) < 4.78 is 17.2. The Labute approximate surface area is 277 Å². The van der Waals surface area contributed by atoms with Crippen molar-refractivity contribution in [1.29, 1.82) is 0 Å². The number of pyridine rings is 1. The SMILES string of the molecule is C=C(C(=O)N[C@@H]1C(=O)N2C(C(=O)O)=C(CN3CCN(c4cc5c(cc4F)c(=O)c(C(=O)O)cn5C4CC4)CC3)CB[C@H]12)c1csc(N)n1. The van der Waals surface area contributed by atoms with E-state index >= 15 is 4.39 Å². The minimum absolute atomic E-state index is 0.0300. The number of thiazole rings is 1. The lowest BCUT2D eigenvalue weighted by molar-refractivity contribution is -0.150. The van der Waals surface area contributed by atoms with Crippen molar-refractivity contribution in [2.75, 3.05) is 43.4 Å². The average Bonchev–Trinajstić information content (AvgIpc) is 3.82. The smallest absolute Gasteiger partial charge is 0.352 e. The molecule has 7 rings (SSSR count). The van der Waals surface area contributed by atoms with E-state index in [9.17, 15) is 34.2 Å². The number of anilines is 2. The number of carbonyl (C=O) groups excluding carboxylic acids is 2. The zero-order chi connectivity index (χ0) is 34.0. The lowest BCUT2D eigenvalue weighted by Gasteiger charge is -2.50. The summed E-state index contributed by atoms with van der Waals surface area (Å²) in [7, 11) is 0.466. The Balaban J connectivity index is 1.04. The van der Waals surface area contributed by atoms with Crippen LogP contribution in [-0.4, -0.2) is 105 Å². The van der Waals surface area contributed by atoms with E-state index in [-0.39, 0.29) is 33.4 Å². The number of carbonyl (C=O) groups is 4. The largest absolute Gasteiger partial charge is 0.477 e. The molecule has 14 nitrogen and oxygen atoms in total. The number of piperazine rings is 1. The fourth-order valence-corrected chi connectivity index (χ4v) is 7.47. The minimum atomic E-state index is -1.35. The second-order valence-electron chi connectivity index (χ2n) is 12.5. The van der Waals surface area contributed by atoms with Crippen molar-refractivity contribution in [3.05, 3.63) is 68.9 Å². The number of aromatic nitrogens is 2. The molecule has 3 aliphatic heterocycles. The second-order valence-corrected chi connectivity index (χ2v) is 13.4. The number of halogens is 1. The number of benzene rings is 1. The third-order valence-corrected chi connectivity index (χ3v) is 10.2. The molecule has 1 aliphatic carbocycles. The van der Waals surface area contributed by atoms with Gasteiger partial charge in [-0.05, 0) is 30.5 Å². The van der Waals surface area contributed by atoms with Crippen molar-refractivity contribution >= 4 is 69.7 Å². The molecule has 2 amide bonds. The molecule has 2 saturated heterocycles. The van der Waals surface area contributed by atoms with Crippen molar-refractivity contribution in [1.82, 2.24) is 24.7 Å². The number of aliphatic carboxylic acids is 1. The van der Waals surface area contributed by atoms with Crippen LogP contribution in [-0.2, 0) is 14.4 Å². The van der Waals surface area contributed by atoms with Gasteiger partial charge in [-0.3, -0.25) is 19.3 Å². The van der Waals surface area contributed by atoms with Gasteiger partial charge >= 0.3 is 11.9 Å². The number of carboxylic acid groups (broad SMARTS) is 2. The van der Waals surface area contributed by atoms with Crippen LogP contribution in [0.1, 0.15) is 34.9 Å². The van der Waals surface area contributed by atoms with Crippen LogP contribution >= 0.6 is 11.3 Å². The first-order valence-electron chi connectivity index (χ1n) is 15.5. The quantitative estimate of drug-likeness (QED) is 0.143. The van der Waals surface area contributed by atoms with Gasteiger partial charge in [0.15, 0.2) is 12.4 Å². The molecule has 1 aromatic carbocycles. The van der Waals surface area contributed by atoms with Crippen LogP contribution in [0, 0.1) is 5.82 Å². The molecule has 0 spiro atoms. The van der Waals surface area contributed by atoms with Gasteiger partial charge in [0, 0.05) is 61.7 Å². The maximum atomic E-state index is 15.4. The molecule has 5 N–H and O–H groups in total. The first-order chi connectivity index (χ1) is 22.9. The normalized spacial score (nSPS) is 21.1. The van der Waals surface area contributed by atoms with E-state index in [0.29, 0.717) is 68.8 Å². The maximum Gasteiger partial charge on any atom is 0.352 e. The number of hydrogen-bond acceptors (Lipinski definition) is 10. The number of aromatic carboxylic acids is 1. The van der Waals surface area contributed by atoms with Gasteiger partial charge in [-0.25, -0.2) is 19.0 Å². The topological polar surface area (TPSA) is 191 Å². The summed E-state index contributed by atoms with van der Waals surface area (Å²) in [4.78, 5) is 72.1. The van der Waals surface area contributed by atoms with E-state index in [4.69, 9.17) is 5.73 Å². The second kappa shape index (κ2) is 11.9. The molecular formula is C31H31BFN7O7S. The standard InChI is InChI=1S/C31H31BFN7O7S/c1-14(20-13-48-31(34)35-20)27(42)36-23-26-32-10-15(24(30(46)47)40(26)28(23)43)11-37-4-6-38(7-5-37)22-9-21-17(8-19(22)33)25(41)18(29(44)45)12-39(21)16-2-3-16/h8-9,12-13,16,23,26,32H,1-7,10-11H2,(H2,34,35)(H,36,42)(H,44,45)(H,46,47)/t23-,26-/m0/s1. The Morgan fingerprint density at radius 2 is 1.85 bits per heavy atom. The molecule has 2 aromatic heterocycles. The fraction of sp³-hybridized carbons (Fsp3) is 0.355. The van der Waals surface area contributed by atoms with Crippen LogP contribution in [0.15, 0.2) is 46.4 Å². The first kappa shape index (κ1) is 31.6. The lowest BCUT2D eigenvalue weighted by Crippen LogP contribution is -2.74. The molecule has 3 fully saturated rings. The number of hydrogen-bond donors (Lipinski definition) is 4. The Kier molecular flexibility index (Phi) is 7.82. The van der Waals surface area contributed by atoms with E-state index in [1.165, 1.54) is 11.1 Å². The first-order valence-corrected chi connectivity index (χ1v) is 16.4. The lowest BCUT2D eigenvalue weighted by atomic mass is 9.54. The Hall–Kier alpha value is -5.03. The van der Waals surface area contributed by atoms with Crippen LogP contribution in [0.25, 0.3) is 16.5 Å². The molecule has 17 heteroatoms. The summed E-state index contributed by atoms with van der Waals surface area (Å²) in [6.07, 6.45) is 3.45. The molecule has 48 heavy (non-hydrogen) atoms. The third-order valence-electron chi connectivity index (χ3n) is 9.53. The van der Waals surface area contributed by atoms with Crippen LogP contribution in [0.5, 0.6) is 0 Å². The van der Waals surface area contributed by atoms with Crippen LogP contribution in [0.4, 0.5) is 15.2 Å². The van der Waals surface area contributed by atoms with E-state index in [2.05, 4.69) is 21.8 Å². The highest BCUT2D eigenvalue weighted by atomic mass is 32.1. The molecule has 3 aromatic rings.